The van der Waals surface area contributed by atoms with Gasteiger partial charge < -0.3 is 9.64 Å². The van der Waals surface area contributed by atoms with Gasteiger partial charge in [-0.05, 0) is 13.8 Å². The molecule has 0 bridgehead atoms. The van der Waals surface area contributed by atoms with Gasteiger partial charge in [-0.2, -0.15) is 0 Å². The summed E-state index contributed by atoms with van der Waals surface area (Å²) in [4.78, 5) is 12.4. The van der Waals surface area contributed by atoms with E-state index in [0.29, 0.717) is 26.2 Å². The molecule has 1 fully saturated rings. The molecule has 16 heavy (non-hydrogen) atoms. The molecule has 96 valence electrons. The van der Waals surface area contributed by atoms with Crippen LogP contribution in [-0.2, 0) is 4.74 Å². The van der Waals surface area contributed by atoms with Crippen LogP contribution in [0, 0.1) is 0 Å². The molecule has 6 heteroatoms. The predicted molar refractivity (Wildman–Crippen MR) is 68.2 cm³/mol. The van der Waals surface area contributed by atoms with E-state index in [1.807, 2.05) is 13.8 Å². The van der Waals surface area contributed by atoms with E-state index in [1.54, 1.807) is 23.8 Å². The van der Waals surface area contributed by atoms with Crippen LogP contribution in [0.2, 0.25) is 0 Å². The van der Waals surface area contributed by atoms with E-state index in [-0.39, 0.29) is 6.09 Å². The molecule has 0 aliphatic carbocycles. The average molecular weight is 249 g/mol. The highest BCUT2D eigenvalue weighted by Crippen LogP contribution is 2.15. The maximum atomic E-state index is 11.5. The predicted octanol–water partition coefficient (Wildman–Crippen LogP) is 1.31. The molecule has 1 saturated heterocycles. The Morgan fingerprint density at radius 1 is 1.25 bits per heavy atom. The van der Waals surface area contributed by atoms with Crippen LogP contribution in [0.15, 0.2) is 0 Å². The Labute approximate surface area is 103 Å². The fourth-order valence-corrected chi connectivity index (χ4v) is 1.26. The summed E-state index contributed by atoms with van der Waals surface area (Å²) in [6, 6.07) is 0. The van der Waals surface area contributed by atoms with Gasteiger partial charge in [0.1, 0.15) is 0 Å². The highest BCUT2D eigenvalue weighted by atomic mass is 32.1. The first-order valence-electron chi connectivity index (χ1n) is 5.58. The minimum Gasteiger partial charge on any atom is -0.433 e. The Morgan fingerprint density at radius 2 is 1.69 bits per heavy atom. The molecule has 1 heterocycles. The number of thiol groups is 1. The number of carbonyl (C=O) groups is 1. The van der Waals surface area contributed by atoms with Gasteiger partial charge in [0.25, 0.3) is 0 Å². The first kappa shape index (κ1) is 15.5. The molecule has 1 aliphatic rings. The lowest BCUT2D eigenvalue weighted by Gasteiger charge is -2.33. The molecule has 1 amide bonds. The lowest BCUT2D eigenvalue weighted by molar-refractivity contribution is 0.0464. The number of carbonyl (C=O) groups excluding carboxylic acids is 1. The van der Waals surface area contributed by atoms with Crippen molar-refractivity contribution < 1.29 is 9.53 Å². The van der Waals surface area contributed by atoms with Crippen LogP contribution in [0.4, 0.5) is 4.79 Å². The normalized spacial score (nSPS) is 17.5. The second kappa shape index (κ2) is 6.98. The van der Waals surface area contributed by atoms with Crippen molar-refractivity contribution in [3.8, 4) is 0 Å². The summed E-state index contributed by atoms with van der Waals surface area (Å²) >= 11 is 4.13. The summed E-state index contributed by atoms with van der Waals surface area (Å²) in [6.45, 7) is 10.0. The second-order valence-corrected chi connectivity index (χ2v) is 4.91. The van der Waals surface area contributed by atoms with Crippen molar-refractivity contribution in [3.63, 3.8) is 0 Å². The molecule has 1 aliphatic heterocycles. The Kier molecular flexibility index (Phi) is 6.78. The molecule has 1 rings (SSSR count). The molecule has 0 radical (unpaired) electrons. The average Bonchev–Trinajstić information content (AvgIpc) is 2.19. The zero-order valence-electron chi connectivity index (χ0n) is 10.6. The Hall–Kier alpha value is -0.460. The van der Waals surface area contributed by atoms with Crippen LogP contribution >= 0.6 is 12.6 Å². The quantitative estimate of drug-likeness (QED) is 0.418. The number of hydrazine groups is 1. The van der Waals surface area contributed by atoms with Crippen molar-refractivity contribution in [1.29, 1.82) is 0 Å². The van der Waals surface area contributed by atoms with Crippen LogP contribution in [0.25, 0.3) is 0 Å². The zero-order valence-corrected chi connectivity index (χ0v) is 11.5. The maximum absolute atomic E-state index is 11.5. The summed E-state index contributed by atoms with van der Waals surface area (Å²) in [5.41, 5.74) is 0. The first-order valence-corrected chi connectivity index (χ1v) is 6.03. The topological polar surface area (TPSA) is 58.8 Å². The zero-order chi connectivity index (χ0) is 12.8. The smallest absolute Gasteiger partial charge is 0.411 e. The van der Waals surface area contributed by atoms with E-state index in [1.165, 1.54) is 0 Å². The van der Waals surface area contributed by atoms with E-state index in [4.69, 9.17) is 10.6 Å². The molecule has 0 aromatic heterocycles. The minimum atomic E-state index is -0.725. The van der Waals surface area contributed by atoms with Crippen molar-refractivity contribution in [1.82, 2.24) is 9.91 Å². The number of piperazine rings is 1. The minimum absolute atomic E-state index is 0.321. The van der Waals surface area contributed by atoms with Crippen LogP contribution in [0.3, 0.4) is 0 Å². The summed E-state index contributed by atoms with van der Waals surface area (Å²) in [6.07, 6.45) is -0.321. The lowest BCUT2D eigenvalue weighted by Crippen LogP contribution is -2.52. The number of hydrogen-bond acceptors (Lipinski definition) is 5. The molecule has 0 aromatic carbocycles. The summed E-state index contributed by atoms with van der Waals surface area (Å²) in [7, 11) is 0. The second-order valence-electron chi connectivity index (χ2n) is 3.84. The number of rotatable bonds is 1. The molecular weight excluding hydrogens is 226 g/mol. The van der Waals surface area contributed by atoms with Gasteiger partial charge in [0.2, 0.25) is 0 Å². The molecule has 0 atom stereocenters. The summed E-state index contributed by atoms with van der Waals surface area (Å²) < 4.78 is 5.10. The van der Waals surface area contributed by atoms with Crippen molar-refractivity contribution in [2.45, 2.75) is 32.6 Å². The fraction of sp³-hybridized carbons (Fsp3) is 0.900. The Morgan fingerprint density at radius 3 is 2.06 bits per heavy atom. The third-order valence-electron chi connectivity index (χ3n) is 1.91. The lowest BCUT2D eigenvalue weighted by atomic mass is 10.4. The molecule has 0 aromatic rings. The number of amides is 1. The number of hydrogen-bond donors (Lipinski definition) is 2. The van der Waals surface area contributed by atoms with E-state index in [2.05, 4.69) is 12.6 Å². The van der Waals surface area contributed by atoms with Gasteiger partial charge in [-0.15, -0.1) is 12.6 Å². The number of nitrogens with zero attached hydrogens (tertiary/aromatic N) is 2. The van der Waals surface area contributed by atoms with Crippen molar-refractivity contribution in [2.75, 3.05) is 26.2 Å². The van der Waals surface area contributed by atoms with E-state index < -0.39 is 4.93 Å². The molecular formula is C10H23N3O2S. The Balaban J connectivity index is 0.00000106. The monoisotopic (exact) mass is 249 g/mol. The third-order valence-corrected chi connectivity index (χ3v) is 2.00. The van der Waals surface area contributed by atoms with Crippen LogP contribution in [0.5, 0.6) is 0 Å². The summed E-state index contributed by atoms with van der Waals surface area (Å²) in [5.74, 6) is 5.56. The molecule has 0 spiro atoms. The Bertz CT molecular complexity index is 211. The van der Waals surface area contributed by atoms with Gasteiger partial charge in [-0.3, -0.25) is 5.84 Å². The van der Waals surface area contributed by atoms with Crippen LogP contribution in [-0.4, -0.2) is 47.1 Å². The largest absolute Gasteiger partial charge is 0.433 e. The van der Waals surface area contributed by atoms with Gasteiger partial charge in [0, 0.05) is 26.2 Å². The highest BCUT2D eigenvalue weighted by Gasteiger charge is 2.25. The standard InChI is InChI=1S/C8H17N3O2S.C2H6/c1-8(2,14)13-7(12)10-3-5-11(9)6-4-10;1-2/h14H,3-6,9H2,1-2H3;1-2H3. The van der Waals surface area contributed by atoms with Gasteiger partial charge in [0.15, 0.2) is 4.93 Å². The highest BCUT2D eigenvalue weighted by molar-refractivity contribution is 7.81. The van der Waals surface area contributed by atoms with Crippen molar-refractivity contribution >= 4 is 18.7 Å². The van der Waals surface area contributed by atoms with Gasteiger partial charge in [0.05, 0.1) is 0 Å². The number of nitrogens with two attached hydrogens (primary N) is 1. The first-order chi connectivity index (χ1) is 7.38. The van der Waals surface area contributed by atoms with E-state index >= 15 is 0 Å². The van der Waals surface area contributed by atoms with Gasteiger partial charge >= 0.3 is 6.09 Å². The fourth-order valence-electron chi connectivity index (χ4n) is 1.18. The summed E-state index contributed by atoms with van der Waals surface area (Å²) in [5, 5.41) is 1.69. The molecule has 2 N–H and O–H groups in total. The van der Waals surface area contributed by atoms with Crippen molar-refractivity contribution in [2.24, 2.45) is 5.84 Å². The molecule has 5 nitrogen and oxygen atoms in total. The van der Waals surface area contributed by atoms with E-state index in [0.717, 1.165) is 0 Å². The number of ether oxygens (including phenoxy) is 1. The van der Waals surface area contributed by atoms with Crippen molar-refractivity contribution in [3.05, 3.63) is 0 Å². The van der Waals surface area contributed by atoms with Crippen LogP contribution in [0.1, 0.15) is 27.7 Å². The van der Waals surface area contributed by atoms with Crippen LogP contribution < -0.4 is 5.84 Å². The van der Waals surface area contributed by atoms with E-state index in [9.17, 15) is 4.79 Å². The van der Waals surface area contributed by atoms with Gasteiger partial charge in [-0.1, -0.05) is 13.8 Å². The third kappa shape index (κ3) is 6.19. The molecule has 0 saturated carbocycles. The maximum Gasteiger partial charge on any atom is 0.411 e. The SMILES string of the molecule is CC.CC(C)(S)OC(=O)N1CCN(N)CC1. The molecule has 0 unspecified atom stereocenters. The van der Waals surface area contributed by atoms with Gasteiger partial charge in [-0.25, -0.2) is 9.80 Å².